The Morgan fingerprint density at radius 2 is 1.95 bits per heavy atom. The maximum absolute atomic E-state index is 12.3. The summed E-state index contributed by atoms with van der Waals surface area (Å²) in [5, 5.41) is 2.86. The van der Waals surface area contributed by atoms with Crippen molar-refractivity contribution in [1.82, 2.24) is 15.1 Å². The number of rotatable bonds is 3. The van der Waals surface area contributed by atoms with Gasteiger partial charge in [-0.05, 0) is 19.7 Å². The van der Waals surface area contributed by atoms with Crippen molar-refractivity contribution in [2.45, 2.75) is 24.7 Å². The minimum Gasteiger partial charge on any atom is -0.378 e. The Morgan fingerprint density at radius 1 is 1.23 bits per heavy atom. The Bertz CT molecular complexity index is 561. The van der Waals surface area contributed by atoms with Gasteiger partial charge in [0, 0.05) is 6.54 Å². The molecule has 0 radical (unpaired) electrons. The number of ether oxygens (including phenoxy) is 1. The Labute approximate surface area is 130 Å². The third-order valence-corrected chi connectivity index (χ3v) is 4.42. The molecule has 1 aromatic rings. The molecular weight excluding hydrogens is 282 g/mol. The highest BCUT2D eigenvalue weighted by Gasteiger charge is 2.46. The zero-order chi connectivity index (χ0) is 15.7. The molecule has 6 nitrogen and oxygen atoms in total. The molecule has 1 aromatic carbocycles. The number of hydrogen-bond acceptors (Lipinski definition) is 4. The fraction of sp³-hybridized carbons (Fsp3) is 0.500. The van der Waals surface area contributed by atoms with Crippen LogP contribution in [-0.2, 0) is 20.9 Å². The van der Waals surface area contributed by atoms with Crippen LogP contribution >= 0.6 is 0 Å². The highest BCUT2D eigenvalue weighted by atomic mass is 16.5. The first-order chi connectivity index (χ1) is 10.6. The average molecular weight is 303 g/mol. The summed E-state index contributed by atoms with van der Waals surface area (Å²) >= 11 is 0. The van der Waals surface area contributed by atoms with Gasteiger partial charge < -0.3 is 19.9 Å². The van der Waals surface area contributed by atoms with Crippen LogP contribution in [0.3, 0.4) is 0 Å². The quantitative estimate of drug-likeness (QED) is 0.789. The van der Waals surface area contributed by atoms with Gasteiger partial charge in [0.2, 0.25) is 0 Å². The first-order valence-electron chi connectivity index (χ1n) is 7.47. The van der Waals surface area contributed by atoms with Crippen LogP contribution in [0.4, 0.5) is 0 Å². The number of amides is 2. The molecule has 0 aliphatic carbocycles. The molecule has 0 spiro atoms. The lowest BCUT2D eigenvalue weighted by atomic mass is 9.93. The Kier molecular flexibility index (Phi) is 4.13. The van der Waals surface area contributed by atoms with E-state index in [2.05, 4.69) is 5.32 Å². The fourth-order valence-corrected chi connectivity index (χ4v) is 3.18. The third kappa shape index (κ3) is 2.71. The lowest BCUT2D eigenvalue weighted by Gasteiger charge is -2.48. The number of likely N-dealkylation sites (N-methyl/N-ethyl adjacent to an activating group) is 1. The predicted octanol–water partition coefficient (Wildman–Crippen LogP) is -0.157. The van der Waals surface area contributed by atoms with Gasteiger partial charge in [0.25, 0.3) is 0 Å². The molecule has 0 aromatic heterocycles. The van der Waals surface area contributed by atoms with Gasteiger partial charge in [-0.2, -0.15) is 0 Å². The van der Waals surface area contributed by atoms with Gasteiger partial charge in [0.05, 0.1) is 31.3 Å². The van der Waals surface area contributed by atoms with Gasteiger partial charge in [-0.3, -0.25) is 9.59 Å². The van der Waals surface area contributed by atoms with E-state index in [-0.39, 0.29) is 18.1 Å². The molecule has 2 aliphatic rings. The summed E-state index contributed by atoms with van der Waals surface area (Å²) in [5.74, 6) is -1.00. The van der Waals surface area contributed by atoms with E-state index in [4.69, 9.17) is 4.74 Å². The molecule has 2 aliphatic heterocycles. The highest BCUT2D eigenvalue weighted by molar-refractivity contribution is 6.35. The standard InChI is InChI=1S/C16H21N3O3/c1-18(2)12-9-22-10-13-14(12)17-15(20)16(21)19(13)8-11-6-4-3-5-7-11/h3-7,12-14H,8-10H2,1-2H3,(H,17,20)/t12-,13?,14?/m0/s1. The van der Waals surface area contributed by atoms with Crippen molar-refractivity contribution in [2.75, 3.05) is 27.3 Å². The van der Waals surface area contributed by atoms with E-state index in [0.717, 1.165) is 5.56 Å². The largest absolute Gasteiger partial charge is 0.378 e. The summed E-state index contributed by atoms with van der Waals surface area (Å²) in [6.45, 7) is 1.44. The van der Waals surface area contributed by atoms with Crippen LogP contribution in [0.2, 0.25) is 0 Å². The molecule has 118 valence electrons. The van der Waals surface area contributed by atoms with Crippen molar-refractivity contribution in [3.8, 4) is 0 Å². The SMILES string of the molecule is CN(C)[C@H]1COCC2C1NC(=O)C(=O)N2Cc1ccccc1. The summed E-state index contributed by atoms with van der Waals surface area (Å²) in [6, 6.07) is 9.55. The summed E-state index contributed by atoms with van der Waals surface area (Å²) in [4.78, 5) is 28.0. The Balaban J connectivity index is 1.86. The number of carbonyl (C=O) groups is 2. The van der Waals surface area contributed by atoms with E-state index in [1.807, 2.05) is 49.3 Å². The van der Waals surface area contributed by atoms with Crippen LogP contribution in [0, 0.1) is 0 Å². The van der Waals surface area contributed by atoms with Crippen LogP contribution in [-0.4, -0.2) is 67.0 Å². The third-order valence-electron chi connectivity index (χ3n) is 4.42. The first-order valence-corrected chi connectivity index (χ1v) is 7.47. The van der Waals surface area contributed by atoms with Crippen molar-refractivity contribution in [1.29, 1.82) is 0 Å². The number of nitrogens with zero attached hydrogens (tertiary/aromatic N) is 2. The molecule has 2 heterocycles. The van der Waals surface area contributed by atoms with Gasteiger partial charge in [-0.25, -0.2) is 0 Å². The van der Waals surface area contributed by atoms with Gasteiger partial charge in [-0.15, -0.1) is 0 Å². The van der Waals surface area contributed by atoms with Crippen LogP contribution in [0.25, 0.3) is 0 Å². The highest BCUT2D eigenvalue weighted by Crippen LogP contribution is 2.23. The van der Waals surface area contributed by atoms with E-state index in [1.165, 1.54) is 0 Å². The smallest absolute Gasteiger partial charge is 0.312 e. The zero-order valence-corrected chi connectivity index (χ0v) is 12.9. The van der Waals surface area contributed by atoms with E-state index in [0.29, 0.717) is 19.8 Å². The summed E-state index contributed by atoms with van der Waals surface area (Å²) in [7, 11) is 3.92. The molecule has 3 atom stereocenters. The molecule has 6 heteroatoms. The van der Waals surface area contributed by atoms with Crippen molar-refractivity contribution in [3.63, 3.8) is 0 Å². The van der Waals surface area contributed by atoms with E-state index in [9.17, 15) is 9.59 Å². The molecule has 22 heavy (non-hydrogen) atoms. The number of hydrogen-bond donors (Lipinski definition) is 1. The van der Waals surface area contributed by atoms with E-state index < -0.39 is 11.8 Å². The second kappa shape index (κ2) is 6.06. The van der Waals surface area contributed by atoms with Gasteiger partial charge in [0.1, 0.15) is 0 Å². The van der Waals surface area contributed by atoms with Gasteiger partial charge in [-0.1, -0.05) is 30.3 Å². The molecule has 2 fully saturated rings. The summed E-state index contributed by atoms with van der Waals surface area (Å²) in [6.07, 6.45) is 0. The summed E-state index contributed by atoms with van der Waals surface area (Å²) in [5.41, 5.74) is 1.01. The normalized spacial score (nSPS) is 28.5. The monoisotopic (exact) mass is 303 g/mol. The lowest BCUT2D eigenvalue weighted by Crippen LogP contribution is -2.72. The molecule has 0 bridgehead atoms. The number of fused-ring (bicyclic) bond motifs is 1. The number of carbonyl (C=O) groups excluding carboxylic acids is 2. The van der Waals surface area contributed by atoms with Crippen LogP contribution in [0.15, 0.2) is 30.3 Å². The Hall–Kier alpha value is -1.92. The van der Waals surface area contributed by atoms with E-state index in [1.54, 1.807) is 4.90 Å². The fourth-order valence-electron chi connectivity index (χ4n) is 3.18. The molecule has 0 saturated carbocycles. The topological polar surface area (TPSA) is 61.9 Å². The molecule has 2 saturated heterocycles. The Morgan fingerprint density at radius 3 is 2.64 bits per heavy atom. The van der Waals surface area contributed by atoms with Crippen molar-refractivity contribution < 1.29 is 14.3 Å². The molecule has 2 amide bonds. The number of benzene rings is 1. The second-order valence-electron chi connectivity index (χ2n) is 6.05. The lowest BCUT2D eigenvalue weighted by molar-refractivity contribution is -0.159. The second-order valence-corrected chi connectivity index (χ2v) is 6.05. The maximum atomic E-state index is 12.3. The van der Waals surface area contributed by atoms with Crippen molar-refractivity contribution >= 4 is 11.8 Å². The molecule has 1 N–H and O–H groups in total. The number of piperazine rings is 1. The minimum atomic E-state index is -0.522. The molecule has 2 unspecified atom stereocenters. The van der Waals surface area contributed by atoms with E-state index >= 15 is 0 Å². The molecular formula is C16H21N3O3. The van der Waals surface area contributed by atoms with Gasteiger partial charge in [0.15, 0.2) is 0 Å². The first kappa shape index (κ1) is 15.0. The van der Waals surface area contributed by atoms with Crippen molar-refractivity contribution in [2.24, 2.45) is 0 Å². The zero-order valence-electron chi connectivity index (χ0n) is 12.9. The van der Waals surface area contributed by atoms with Crippen LogP contribution in [0.1, 0.15) is 5.56 Å². The van der Waals surface area contributed by atoms with Crippen LogP contribution in [0.5, 0.6) is 0 Å². The van der Waals surface area contributed by atoms with Crippen LogP contribution < -0.4 is 5.32 Å². The number of nitrogens with one attached hydrogen (secondary N) is 1. The summed E-state index contributed by atoms with van der Waals surface area (Å²) < 4.78 is 5.68. The predicted molar refractivity (Wildman–Crippen MR) is 81.0 cm³/mol. The average Bonchev–Trinajstić information content (AvgIpc) is 2.52. The minimum absolute atomic E-state index is 0.0640. The van der Waals surface area contributed by atoms with Gasteiger partial charge >= 0.3 is 11.8 Å². The maximum Gasteiger partial charge on any atom is 0.312 e. The van der Waals surface area contributed by atoms with Crippen molar-refractivity contribution in [3.05, 3.63) is 35.9 Å². The molecule has 3 rings (SSSR count).